The van der Waals surface area contributed by atoms with E-state index in [1.54, 1.807) is 12.1 Å². The zero-order valence-corrected chi connectivity index (χ0v) is 13.0. The van der Waals surface area contributed by atoms with E-state index in [0.29, 0.717) is 0 Å². The summed E-state index contributed by atoms with van der Waals surface area (Å²) >= 11 is -1.68. The van der Waals surface area contributed by atoms with Gasteiger partial charge in [0.25, 0.3) is 0 Å². The number of hydrogen-bond donors (Lipinski definition) is 0. The molecule has 0 saturated carbocycles. The van der Waals surface area contributed by atoms with Gasteiger partial charge in [-0.15, -0.1) is 0 Å². The number of fused-ring (bicyclic) bond motifs is 2. The van der Waals surface area contributed by atoms with Crippen molar-refractivity contribution in [2.45, 2.75) is 0 Å². The van der Waals surface area contributed by atoms with Crippen molar-refractivity contribution in [1.82, 2.24) is 0 Å². The van der Waals surface area contributed by atoms with E-state index in [1.807, 2.05) is 48.5 Å². The van der Waals surface area contributed by atoms with Gasteiger partial charge >= 0.3 is 127 Å². The molecule has 0 aromatic heterocycles. The van der Waals surface area contributed by atoms with Crippen molar-refractivity contribution in [2.24, 2.45) is 0 Å². The van der Waals surface area contributed by atoms with E-state index in [0.717, 1.165) is 11.5 Å². The van der Waals surface area contributed by atoms with Gasteiger partial charge in [-0.05, 0) is 0 Å². The van der Waals surface area contributed by atoms with Crippen LogP contribution in [0.15, 0.2) is 72.8 Å². The molecule has 1 heterocycles. The molecule has 21 heavy (non-hydrogen) atoms. The van der Waals surface area contributed by atoms with Crippen molar-refractivity contribution < 1.29 is 9.13 Å². The monoisotopic (exact) mass is 338 g/mol. The van der Waals surface area contributed by atoms with Gasteiger partial charge in [0.1, 0.15) is 0 Å². The van der Waals surface area contributed by atoms with Gasteiger partial charge in [-0.1, -0.05) is 0 Å². The number of rotatable bonds is 1. The van der Waals surface area contributed by atoms with Crippen molar-refractivity contribution in [2.75, 3.05) is 0 Å². The van der Waals surface area contributed by atoms with Crippen LogP contribution in [0.2, 0.25) is 0 Å². The third kappa shape index (κ3) is 2.16. The van der Waals surface area contributed by atoms with E-state index in [2.05, 4.69) is 12.1 Å². The maximum atomic E-state index is 13.2. The molecule has 1 aliphatic heterocycles. The first-order chi connectivity index (χ1) is 10.3. The fourth-order valence-corrected chi connectivity index (χ4v) is 7.64. The van der Waals surface area contributed by atoms with E-state index in [9.17, 15) is 4.39 Å². The first-order valence-corrected chi connectivity index (χ1v) is 9.56. The van der Waals surface area contributed by atoms with E-state index in [4.69, 9.17) is 4.74 Å². The molecular weight excluding hydrogens is 326 g/mol. The predicted octanol–water partition coefficient (Wildman–Crippen LogP) is 2.45. The summed E-state index contributed by atoms with van der Waals surface area (Å²) < 4.78 is 23.0. The molecule has 0 N–H and O–H groups in total. The van der Waals surface area contributed by atoms with Gasteiger partial charge in [0.15, 0.2) is 0 Å². The van der Waals surface area contributed by atoms with Crippen LogP contribution in [0.1, 0.15) is 0 Å². The quantitative estimate of drug-likeness (QED) is 0.485. The van der Waals surface area contributed by atoms with Crippen LogP contribution in [0.4, 0.5) is 4.39 Å². The molecule has 1 nitrogen and oxygen atoms in total. The molecular formula is C18H12AsFO. The molecule has 0 spiro atoms. The van der Waals surface area contributed by atoms with Gasteiger partial charge in [0.2, 0.25) is 0 Å². The molecule has 0 fully saturated rings. The Morgan fingerprint density at radius 1 is 0.667 bits per heavy atom. The second kappa shape index (κ2) is 5.05. The Bertz CT molecular complexity index is 753. The van der Waals surface area contributed by atoms with Crippen LogP contribution >= 0.6 is 0 Å². The summed E-state index contributed by atoms with van der Waals surface area (Å²) in [6.45, 7) is 0. The third-order valence-corrected chi connectivity index (χ3v) is 8.80. The Morgan fingerprint density at radius 2 is 1.19 bits per heavy atom. The molecule has 3 aromatic carbocycles. The standard InChI is InChI=1S/C18H12AsFO/c20-14-11-9-13(10-12-14)19-15-5-1-3-7-17(15)21-18-8-4-2-6-16(18)19/h1-12H. The van der Waals surface area contributed by atoms with Crippen LogP contribution in [0, 0.1) is 5.82 Å². The van der Waals surface area contributed by atoms with Gasteiger partial charge in [-0.2, -0.15) is 0 Å². The molecule has 0 saturated heterocycles. The molecule has 1 aliphatic rings. The molecule has 0 unspecified atom stereocenters. The van der Waals surface area contributed by atoms with Gasteiger partial charge in [0.05, 0.1) is 0 Å². The van der Waals surface area contributed by atoms with Crippen LogP contribution in [0.25, 0.3) is 0 Å². The van der Waals surface area contributed by atoms with Crippen molar-refractivity contribution in [3.05, 3.63) is 78.6 Å². The number of hydrogen-bond acceptors (Lipinski definition) is 1. The van der Waals surface area contributed by atoms with E-state index >= 15 is 0 Å². The predicted molar refractivity (Wildman–Crippen MR) is 84.0 cm³/mol. The van der Waals surface area contributed by atoms with E-state index in [1.165, 1.54) is 13.1 Å². The average molecular weight is 338 g/mol. The summed E-state index contributed by atoms with van der Waals surface area (Å²) in [5, 5.41) is 0. The Hall–Kier alpha value is -2.05. The number of halogens is 1. The molecule has 4 rings (SSSR count). The SMILES string of the molecule is Fc1ccc([As]2c3ccccc3Oc3ccccc32)cc1. The fourth-order valence-electron chi connectivity index (χ4n) is 2.57. The Labute approximate surface area is 127 Å². The van der Waals surface area contributed by atoms with Crippen LogP contribution < -0.4 is 17.8 Å². The Balaban J connectivity index is 1.95. The summed E-state index contributed by atoms with van der Waals surface area (Å²) in [5.74, 6) is 1.67. The second-order valence-corrected chi connectivity index (χ2v) is 9.36. The van der Waals surface area contributed by atoms with Gasteiger partial charge in [-0.25, -0.2) is 0 Å². The molecule has 0 bridgehead atoms. The van der Waals surface area contributed by atoms with Crippen LogP contribution in [-0.4, -0.2) is 14.7 Å². The van der Waals surface area contributed by atoms with Crippen molar-refractivity contribution in [3.63, 3.8) is 0 Å². The van der Waals surface area contributed by atoms with E-state index < -0.39 is 14.7 Å². The number of ether oxygens (including phenoxy) is 1. The normalized spacial score (nSPS) is 13.2. The van der Waals surface area contributed by atoms with Gasteiger partial charge in [-0.3, -0.25) is 0 Å². The number of para-hydroxylation sites is 2. The first-order valence-electron chi connectivity index (χ1n) is 6.74. The van der Waals surface area contributed by atoms with Gasteiger partial charge in [0, 0.05) is 0 Å². The van der Waals surface area contributed by atoms with Gasteiger partial charge < -0.3 is 0 Å². The summed E-state index contributed by atoms with van der Waals surface area (Å²) in [7, 11) is 0. The maximum absolute atomic E-state index is 13.2. The molecule has 0 atom stereocenters. The zero-order chi connectivity index (χ0) is 14.2. The summed E-state index contributed by atoms with van der Waals surface area (Å²) in [5.41, 5.74) is 0. The zero-order valence-electron chi connectivity index (χ0n) is 11.2. The molecule has 0 radical (unpaired) electrons. The van der Waals surface area contributed by atoms with Crippen molar-refractivity contribution in [1.29, 1.82) is 0 Å². The third-order valence-electron chi connectivity index (χ3n) is 3.52. The summed E-state index contributed by atoms with van der Waals surface area (Å²) in [6, 6.07) is 23.3. The van der Waals surface area contributed by atoms with Crippen molar-refractivity contribution in [3.8, 4) is 11.5 Å². The van der Waals surface area contributed by atoms with E-state index in [-0.39, 0.29) is 5.82 Å². The second-order valence-electron chi connectivity index (χ2n) is 4.85. The van der Waals surface area contributed by atoms with Crippen LogP contribution in [-0.2, 0) is 0 Å². The molecule has 0 aliphatic carbocycles. The van der Waals surface area contributed by atoms with Crippen molar-refractivity contribution >= 4 is 27.7 Å². The molecule has 0 amide bonds. The summed E-state index contributed by atoms with van der Waals surface area (Å²) in [6.07, 6.45) is 0. The average Bonchev–Trinajstić information content (AvgIpc) is 2.53. The molecule has 102 valence electrons. The Kier molecular flexibility index (Phi) is 3.05. The number of benzene rings is 3. The fraction of sp³-hybridized carbons (Fsp3) is 0. The summed E-state index contributed by atoms with van der Waals surface area (Å²) in [4.78, 5) is 0. The molecule has 3 heteroatoms. The molecule has 3 aromatic rings. The topological polar surface area (TPSA) is 9.23 Å². The minimum atomic E-state index is -1.68. The first kappa shape index (κ1) is 12.7. The minimum absolute atomic E-state index is 0.192. The van der Waals surface area contributed by atoms with Crippen LogP contribution in [0.3, 0.4) is 0 Å². The Morgan fingerprint density at radius 3 is 1.76 bits per heavy atom. The van der Waals surface area contributed by atoms with Crippen LogP contribution in [0.5, 0.6) is 11.5 Å².